The summed E-state index contributed by atoms with van der Waals surface area (Å²) >= 11 is 6.29. The summed E-state index contributed by atoms with van der Waals surface area (Å²) in [5, 5.41) is 3.66. The van der Waals surface area contributed by atoms with Gasteiger partial charge in [0, 0.05) is 24.0 Å². The van der Waals surface area contributed by atoms with Crippen LogP contribution in [0.3, 0.4) is 0 Å². The van der Waals surface area contributed by atoms with Gasteiger partial charge in [-0.05, 0) is 74.2 Å². The molecule has 6 nitrogen and oxygen atoms in total. The maximum Gasteiger partial charge on any atom is 0.261 e. The highest BCUT2D eigenvalue weighted by atomic mass is 35.5. The minimum atomic E-state index is -0.735. The Bertz CT molecular complexity index is 1190. The summed E-state index contributed by atoms with van der Waals surface area (Å²) in [6.07, 6.45) is 0.369. The lowest BCUT2D eigenvalue weighted by Crippen LogP contribution is -2.52. The molecule has 3 aromatic carbocycles. The standard InChI is InChI=1S/C30H35ClN2O4/c1-20(2)32-30(35)27(17-23-10-7-6-8-11-23)33(18-24-12-9-13-25(16-24)36-5)28(34)19-37-26-14-21(3)29(31)22(4)15-26/h6-16,20,27H,17-19H2,1-5H3,(H,32,35)/t27-/m0/s1. The second-order valence-corrected chi connectivity index (χ2v) is 9.78. The lowest BCUT2D eigenvalue weighted by Gasteiger charge is -2.32. The summed E-state index contributed by atoms with van der Waals surface area (Å²) in [7, 11) is 1.60. The fraction of sp³-hybridized carbons (Fsp3) is 0.333. The van der Waals surface area contributed by atoms with Crippen LogP contribution in [0.15, 0.2) is 66.7 Å². The predicted molar refractivity (Wildman–Crippen MR) is 147 cm³/mol. The molecule has 1 atom stereocenters. The Balaban J connectivity index is 1.94. The van der Waals surface area contributed by atoms with Gasteiger partial charge in [0.1, 0.15) is 17.5 Å². The van der Waals surface area contributed by atoms with Crippen LogP contribution >= 0.6 is 11.6 Å². The SMILES string of the molecule is COc1cccc(CN(C(=O)COc2cc(C)c(Cl)c(C)c2)[C@@H](Cc2ccccc2)C(=O)NC(C)C)c1. The topological polar surface area (TPSA) is 67.9 Å². The van der Waals surface area contributed by atoms with E-state index in [1.165, 1.54) is 0 Å². The molecule has 0 saturated carbocycles. The van der Waals surface area contributed by atoms with E-state index in [4.69, 9.17) is 21.1 Å². The van der Waals surface area contributed by atoms with Crippen LogP contribution in [0.4, 0.5) is 0 Å². The number of carbonyl (C=O) groups excluding carboxylic acids is 2. The minimum absolute atomic E-state index is 0.0733. The molecule has 196 valence electrons. The third-order valence-corrected chi connectivity index (χ3v) is 6.56. The zero-order chi connectivity index (χ0) is 26.9. The van der Waals surface area contributed by atoms with Crippen LogP contribution < -0.4 is 14.8 Å². The van der Waals surface area contributed by atoms with Crippen molar-refractivity contribution in [2.45, 2.75) is 52.7 Å². The van der Waals surface area contributed by atoms with Gasteiger partial charge in [-0.3, -0.25) is 9.59 Å². The average molecular weight is 523 g/mol. The number of halogens is 1. The molecule has 0 radical (unpaired) electrons. The van der Waals surface area contributed by atoms with Crippen molar-refractivity contribution in [3.8, 4) is 11.5 Å². The Hall–Kier alpha value is -3.51. The lowest BCUT2D eigenvalue weighted by molar-refractivity contribution is -0.143. The first-order valence-electron chi connectivity index (χ1n) is 12.3. The predicted octanol–water partition coefficient (Wildman–Crippen LogP) is 5.51. The smallest absolute Gasteiger partial charge is 0.261 e. The van der Waals surface area contributed by atoms with E-state index in [0.29, 0.717) is 22.9 Å². The van der Waals surface area contributed by atoms with E-state index in [-0.39, 0.29) is 31.0 Å². The van der Waals surface area contributed by atoms with Gasteiger partial charge < -0.3 is 19.7 Å². The summed E-state index contributed by atoms with van der Waals surface area (Å²) in [6.45, 7) is 7.60. The van der Waals surface area contributed by atoms with Crippen molar-refractivity contribution >= 4 is 23.4 Å². The second kappa shape index (κ2) is 13.2. The Labute approximate surface area is 224 Å². The molecule has 1 N–H and O–H groups in total. The van der Waals surface area contributed by atoms with Crippen LogP contribution in [0.1, 0.15) is 36.1 Å². The van der Waals surface area contributed by atoms with Crippen molar-refractivity contribution in [3.05, 3.63) is 94.0 Å². The van der Waals surface area contributed by atoms with Gasteiger partial charge in [0.05, 0.1) is 7.11 Å². The Morgan fingerprint density at radius 3 is 2.19 bits per heavy atom. The normalized spacial score (nSPS) is 11.6. The minimum Gasteiger partial charge on any atom is -0.497 e. The van der Waals surface area contributed by atoms with Crippen molar-refractivity contribution in [1.82, 2.24) is 10.2 Å². The van der Waals surface area contributed by atoms with Gasteiger partial charge in [-0.15, -0.1) is 0 Å². The first-order chi connectivity index (χ1) is 17.7. The van der Waals surface area contributed by atoms with Gasteiger partial charge in [-0.25, -0.2) is 0 Å². The number of nitrogens with zero attached hydrogens (tertiary/aromatic N) is 1. The maximum absolute atomic E-state index is 13.7. The summed E-state index contributed by atoms with van der Waals surface area (Å²) in [5.41, 5.74) is 3.55. The Morgan fingerprint density at radius 1 is 0.919 bits per heavy atom. The number of amides is 2. The highest BCUT2D eigenvalue weighted by Crippen LogP contribution is 2.26. The number of methoxy groups -OCH3 is 1. The van der Waals surface area contributed by atoms with Crippen molar-refractivity contribution < 1.29 is 19.1 Å². The number of aryl methyl sites for hydroxylation is 2. The van der Waals surface area contributed by atoms with Crippen LogP contribution in [0, 0.1) is 13.8 Å². The number of nitrogens with one attached hydrogen (secondary N) is 1. The van der Waals surface area contributed by atoms with Crippen LogP contribution in [0.25, 0.3) is 0 Å². The highest BCUT2D eigenvalue weighted by Gasteiger charge is 2.31. The van der Waals surface area contributed by atoms with Crippen molar-refractivity contribution in [1.29, 1.82) is 0 Å². The van der Waals surface area contributed by atoms with Gasteiger partial charge in [0.2, 0.25) is 5.91 Å². The van der Waals surface area contributed by atoms with Crippen molar-refractivity contribution in [3.63, 3.8) is 0 Å². The Kier molecular flexibility index (Phi) is 9.98. The molecule has 37 heavy (non-hydrogen) atoms. The third-order valence-electron chi connectivity index (χ3n) is 5.96. The van der Waals surface area contributed by atoms with Gasteiger partial charge in [0.25, 0.3) is 5.91 Å². The zero-order valence-electron chi connectivity index (χ0n) is 22.1. The fourth-order valence-electron chi connectivity index (χ4n) is 4.12. The fourth-order valence-corrected chi connectivity index (χ4v) is 4.23. The molecule has 0 aliphatic heterocycles. The molecular weight excluding hydrogens is 488 g/mol. The molecule has 0 unspecified atom stereocenters. The number of hydrogen-bond donors (Lipinski definition) is 1. The molecule has 0 aliphatic carbocycles. The van der Waals surface area contributed by atoms with Crippen LogP contribution in [-0.4, -0.2) is 42.5 Å². The van der Waals surface area contributed by atoms with E-state index in [9.17, 15) is 9.59 Å². The van der Waals surface area contributed by atoms with Gasteiger partial charge in [0.15, 0.2) is 6.61 Å². The molecule has 3 rings (SSSR count). The summed E-state index contributed by atoms with van der Waals surface area (Å²) in [6, 6.07) is 20.0. The largest absolute Gasteiger partial charge is 0.497 e. The monoisotopic (exact) mass is 522 g/mol. The Morgan fingerprint density at radius 2 is 1.57 bits per heavy atom. The van der Waals surface area contributed by atoms with E-state index in [2.05, 4.69) is 5.32 Å². The van der Waals surface area contributed by atoms with Gasteiger partial charge in [-0.2, -0.15) is 0 Å². The number of hydrogen-bond acceptors (Lipinski definition) is 4. The van der Waals surface area contributed by atoms with Crippen LogP contribution in [-0.2, 0) is 22.6 Å². The molecule has 0 bridgehead atoms. The maximum atomic E-state index is 13.7. The number of carbonyl (C=O) groups is 2. The second-order valence-electron chi connectivity index (χ2n) is 9.40. The summed E-state index contributed by atoms with van der Waals surface area (Å²) in [4.78, 5) is 28.7. The van der Waals surface area contributed by atoms with E-state index in [0.717, 1.165) is 22.3 Å². The van der Waals surface area contributed by atoms with Crippen molar-refractivity contribution in [2.24, 2.45) is 0 Å². The molecule has 2 amide bonds. The number of rotatable bonds is 11. The van der Waals surface area contributed by atoms with E-state index in [1.807, 2.05) is 94.4 Å². The molecule has 0 spiro atoms. The summed E-state index contributed by atoms with van der Waals surface area (Å²) < 4.78 is 11.3. The first-order valence-corrected chi connectivity index (χ1v) is 12.7. The molecule has 0 fully saturated rings. The van der Waals surface area contributed by atoms with Crippen LogP contribution in [0.5, 0.6) is 11.5 Å². The van der Waals surface area contributed by atoms with Crippen LogP contribution in [0.2, 0.25) is 5.02 Å². The zero-order valence-corrected chi connectivity index (χ0v) is 22.8. The van der Waals surface area contributed by atoms with Gasteiger partial charge in [-0.1, -0.05) is 54.1 Å². The van der Waals surface area contributed by atoms with E-state index >= 15 is 0 Å². The molecule has 3 aromatic rings. The summed E-state index contributed by atoms with van der Waals surface area (Å²) in [5.74, 6) is 0.723. The van der Waals surface area contributed by atoms with Gasteiger partial charge >= 0.3 is 0 Å². The molecule has 0 aliphatic rings. The first kappa shape index (κ1) is 28.1. The lowest BCUT2D eigenvalue weighted by atomic mass is 10.0. The quantitative estimate of drug-likeness (QED) is 0.360. The molecule has 0 saturated heterocycles. The highest BCUT2D eigenvalue weighted by molar-refractivity contribution is 6.32. The average Bonchev–Trinajstić information content (AvgIpc) is 2.88. The number of ether oxygens (including phenoxy) is 2. The molecule has 0 aromatic heterocycles. The number of benzene rings is 3. The molecule has 7 heteroatoms. The molecule has 0 heterocycles. The van der Waals surface area contributed by atoms with E-state index in [1.54, 1.807) is 12.0 Å². The van der Waals surface area contributed by atoms with E-state index < -0.39 is 6.04 Å². The van der Waals surface area contributed by atoms with Crippen molar-refractivity contribution in [2.75, 3.05) is 13.7 Å². The molecular formula is C30H35ClN2O4. The third kappa shape index (κ3) is 7.99.